The summed E-state index contributed by atoms with van der Waals surface area (Å²) in [5.74, 6) is -0.0831. The Morgan fingerprint density at radius 2 is 1.65 bits per heavy atom. The maximum Gasteiger partial charge on any atom is 0.246 e. The third-order valence-corrected chi connectivity index (χ3v) is 6.49. The van der Waals surface area contributed by atoms with Gasteiger partial charge >= 0.3 is 0 Å². The van der Waals surface area contributed by atoms with Crippen molar-refractivity contribution >= 4 is 56.8 Å². The molecule has 3 aromatic carbocycles. The molecule has 1 aliphatic heterocycles. The van der Waals surface area contributed by atoms with Crippen molar-refractivity contribution in [2.45, 2.75) is 6.42 Å². The molecular formula is C27H25BrClN3O2. The second-order valence-corrected chi connectivity index (χ2v) is 9.40. The molecule has 0 bridgehead atoms. The van der Waals surface area contributed by atoms with Crippen LogP contribution in [0.25, 0.3) is 6.08 Å². The van der Waals surface area contributed by atoms with Gasteiger partial charge in [-0.25, -0.2) is 0 Å². The Hall–Kier alpha value is -3.09. The van der Waals surface area contributed by atoms with Gasteiger partial charge in [-0.05, 0) is 47.5 Å². The third-order valence-electron chi connectivity index (χ3n) is 5.66. The van der Waals surface area contributed by atoms with Crippen molar-refractivity contribution in [2.24, 2.45) is 0 Å². The summed E-state index contributed by atoms with van der Waals surface area (Å²) < 4.78 is 0.980. The van der Waals surface area contributed by atoms with E-state index in [-0.39, 0.29) is 11.8 Å². The van der Waals surface area contributed by atoms with Crippen LogP contribution in [-0.2, 0) is 16.0 Å². The zero-order valence-corrected chi connectivity index (χ0v) is 20.9. The standard InChI is InChI=1S/C27H25BrClN3O2/c28-22-9-6-21(7-10-22)18-26(33)30-23-11-12-25(24(29)19-23)31-14-16-32(17-15-31)27(34)13-8-20-4-2-1-3-5-20/h1-13,19H,14-18H2,(H,30,33)/b13-8+. The van der Waals surface area contributed by atoms with Crippen molar-refractivity contribution in [1.82, 2.24) is 4.90 Å². The third kappa shape index (κ3) is 6.49. The first kappa shape index (κ1) is 24.0. The van der Waals surface area contributed by atoms with Crippen LogP contribution in [0.15, 0.2) is 83.3 Å². The molecule has 1 N–H and O–H groups in total. The summed E-state index contributed by atoms with van der Waals surface area (Å²) in [7, 11) is 0. The Morgan fingerprint density at radius 1 is 0.941 bits per heavy atom. The highest BCUT2D eigenvalue weighted by atomic mass is 79.9. The number of hydrogen-bond donors (Lipinski definition) is 1. The first-order chi connectivity index (χ1) is 16.5. The molecule has 3 aromatic rings. The average Bonchev–Trinajstić information content (AvgIpc) is 2.85. The molecule has 1 heterocycles. The van der Waals surface area contributed by atoms with Gasteiger partial charge in [-0.3, -0.25) is 9.59 Å². The Balaban J connectivity index is 1.30. The summed E-state index contributed by atoms with van der Waals surface area (Å²) in [5.41, 5.74) is 3.51. The lowest BCUT2D eigenvalue weighted by Crippen LogP contribution is -2.48. The lowest BCUT2D eigenvalue weighted by molar-refractivity contribution is -0.126. The second kappa shape index (κ2) is 11.4. The molecule has 0 spiro atoms. The van der Waals surface area contributed by atoms with Crippen LogP contribution in [0.3, 0.4) is 0 Å². The zero-order chi connectivity index (χ0) is 23.9. The number of amides is 2. The first-order valence-electron chi connectivity index (χ1n) is 11.1. The number of anilines is 2. The lowest BCUT2D eigenvalue weighted by Gasteiger charge is -2.36. The van der Waals surface area contributed by atoms with Crippen molar-refractivity contribution < 1.29 is 9.59 Å². The highest BCUT2D eigenvalue weighted by molar-refractivity contribution is 9.10. The van der Waals surface area contributed by atoms with E-state index in [0.29, 0.717) is 43.3 Å². The molecule has 7 heteroatoms. The van der Waals surface area contributed by atoms with Gasteiger partial charge in [0.25, 0.3) is 0 Å². The molecule has 0 aromatic heterocycles. The van der Waals surface area contributed by atoms with Gasteiger partial charge in [0, 0.05) is 42.4 Å². The summed E-state index contributed by atoms with van der Waals surface area (Å²) in [4.78, 5) is 28.9. The van der Waals surface area contributed by atoms with E-state index < -0.39 is 0 Å². The Kier molecular flexibility index (Phi) is 8.03. The summed E-state index contributed by atoms with van der Waals surface area (Å²) in [6.07, 6.45) is 3.76. The van der Waals surface area contributed by atoms with E-state index in [1.165, 1.54) is 0 Å². The highest BCUT2D eigenvalue weighted by Crippen LogP contribution is 2.30. The van der Waals surface area contributed by atoms with Crippen LogP contribution in [0.5, 0.6) is 0 Å². The van der Waals surface area contributed by atoms with Crippen molar-refractivity contribution in [3.05, 3.63) is 99.5 Å². The number of carbonyl (C=O) groups excluding carboxylic acids is 2. The van der Waals surface area contributed by atoms with Crippen LogP contribution < -0.4 is 10.2 Å². The normalized spacial score (nSPS) is 13.8. The van der Waals surface area contributed by atoms with Gasteiger partial charge in [-0.1, -0.05) is 70.0 Å². The van der Waals surface area contributed by atoms with E-state index in [1.54, 1.807) is 12.1 Å². The van der Waals surface area contributed by atoms with Gasteiger partial charge in [-0.2, -0.15) is 0 Å². The average molecular weight is 539 g/mol. The summed E-state index contributed by atoms with van der Waals surface area (Å²) in [5, 5.41) is 3.49. The number of benzene rings is 3. The molecule has 0 radical (unpaired) electrons. The molecule has 0 saturated carbocycles. The SMILES string of the molecule is O=C(Cc1ccc(Br)cc1)Nc1ccc(N2CCN(C(=O)/C=C/c3ccccc3)CC2)c(Cl)c1. The molecule has 34 heavy (non-hydrogen) atoms. The predicted octanol–water partition coefficient (Wildman–Crippen LogP) is 5.65. The van der Waals surface area contributed by atoms with Gasteiger partial charge in [0.05, 0.1) is 17.1 Å². The van der Waals surface area contributed by atoms with E-state index in [0.717, 1.165) is 21.3 Å². The Bertz CT molecular complexity index is 1170. The van der Waals surface area contributed by atoms with Crippen LogP contribution in [0.2, 0.25) is 5.02 Å². The minimum atomic E-state index is -0.0955. The number of rotatable bonds is 6. The minimum absolute atomic E-state index is 0.0124. The van der Waals surface area contributed by atoms with Crippen LogP contribution in [0, 0.1) is 0 Å². The van der Waals surface area contributed by atoms with Crippen LogP contribution in [-0.4, -0.2) is 42.9 Å². The number of carbonyl (C=O) groups is 2. The fourth-order valence-electron chi connectivity index (χ4n) is 3.84. The number of piperazine rings is 1. The van der Waals surface area contributed by atoms with Crippen molar-refractivity contribution in [1.29, 1.82) is 0 Å². The first-order valence-corrected chi connectivity index (χ1v) is 12.3. The van der Waals surface area contributed by atoms with Crippen molar-refractivity contribution in [3.63, 3.8) is 0 Å². The van der Waals surface area contributed by atoms with Gasteiger partial charge < -0.3 is 15.1 Å². The molecule has 174 valence electrons. The fourth-order valence-corrected chi connectivity index (χ4v) is 4.40. The maximum absolute atomic E-state index is 12.5. The quantitative estimate of drug-likeness (QED) is 0.413. The van der Waals surface area contributed by atoms with Crippen molar-refractivity contribution in [2.75, 3.05) is 36.4 Å². The molecule has 1 fully saturated rings. The molecule has 2 amide bonds. The molecule has 5 nitrogen and oxygen atoms in total. The molecule has 0 unspecified atom stereocenters. The number of nitrogens with zero attached hydrogens (tertiary/aromatic N) is 2. The molecule has 0 aliphatic carbocycles. The topological polar surface area (TPSA) is 52.7 Å². The monoisotopic (exact) mass is 537 g/mol. The Labute approximate surface area is 213 Å². The molecular weight excluding hydrogens is 514 g/mol. The van der Waals surface area contributed by atoms with Crippen LogP contribution in [0.4, 0.5) is 11.4 Å². The molecule has 1 saturated heterocycles. The smallest absolute Gasteiger partial charge is 0.246 e. The Morgan fingerprint density at radius 3 is 2.32 bits per heavy atom. The molecule has 0 atom stereocenters. The fraction of sp³-hybridized carbons (Fsp3) is 0.185. The zero-order valence-electron chi connectivity index (χ0n) is 18.6. The molecule has 4 rings (SSSR count). The van der Waals surface area contributed by atoms with Crippen LogP contribution in [0.1, 0.15) is 11.1 Å². The lowest BCUT2D eigenvalue weighted by atomic mass is 10.1. The van der Waals surface area contributed by atoms with Gasteiger partial charge in [-0.15, -0.1) is 0 Å². The second-order valence-electron chi connectivity index (χ2n) is 8.07. The highest BCUT2D eigenvalue weighted by Gasteiger charge is 2.21. The van der Waals surface area contributed by atoms with E-state index >= 15 is 0 Å². The predicted molar refractivity (Wildman–Crippen MR) is 142 cm³/mol. The largest absolute Gasteiger partial charge is 0.367 e. The van der Waals surface area contributed by atoms with E-state index in [2.05, 4.69) is 26.1 Å². The maximum atomic E-state index is 12.5. The van der Waals surface area contributed by atoms with Crippen molar-refractivity contribution in [3.8, 4) is 0 Å². The summed E-state index contributed by atoms with van der Waals surface area (Å²) in [6, 6.07) is 23.0. The van der Waals surface area contributed by atoms with E-state index in [1.807, 2.05) is 77.7 Å². The number of hydrogen-bond acceptors (Lipinski definition) is 3. The van der Waals surface area contributed by atoms with Gasteiger partial charge in [0.2, 0.25) is 11.8 Å². The minimum Gasteiger partial charge on any atom is -0.367 e. The van der Waals surface area contributed by atoms with Gasteiger partial charge in [0.1, 0.15) is 0 Å². The summed E-state index contributed by atoms with van der Waals surface area (Å²) in [6.45, 7) is 2.64. The van der Waals surface area contributed by atoms with E-state index in [4.69, 9.17) is 11.6 Å². The number of halogens is 2. The van der Waals surface area contributed by atoms with Crippen LogP contribution >= 0.6 is 27.5 Å². The number of nitrogens with one attached hydrogen (secondary N) is 1. The van der Waals surface area contributed by atoms with E-state index in [9.17, 15) is 9.59 Å². The summed E-state index contributed by atoms with van der Waals surface area (Å²) >= 11 is 9.95. The van der Waals surface area contributed by atoms with Gasteiger partial charge in [0.15, 0.2) is 0 Å². The molecule has 1 aliphatic rings.